The third kappa shape index (κ3) is 4.22. The lowest BCUT2D eigenvalue weighted by Gasteiger charge is -2.13. The average molecular weight is 344 g/mol. The smallest absolute Gasteiger partial charge is 0.287 e. The molecule has 0 aliphatic carbocycles. The van der Waals surface area contributed by atoms with Crippen molar-refractivity contribution < 1.29 is 9.21 Å². The fourth-order valence-corrected chi connectivity index (χ4v) is 2.25. The van der Waals surface area contributed by atoms with Crippen LogP contribution in [0, 0.1) is 6.92 Å². The van der Waals surface area contributed by atoms with Crippen molar-refractivity contribution in [2.75, 3.05) is 19.6 Å². The van der Waals surface area contributed by atoms with E-state index in [0.717, 1.165) is 30.7 Å². The van der Waals surface area contributed by atoms with Crippen molar-refractivity contribution in [3.63, 3.8) is 0 Å². The highest BCUT2D eigenvalue weighted by molar-refractivity contribution is 5.95. The molecule has 3 heterocycles. The Hall–Kier alpha value is -1.56. The van der Waals surface area contributed by atoms with Gasteiger partial charge >= 0.3 is 0 Å². The quantitative estimate of drug-likeness (QED) is 0.840. The summed E-state index contributed by atoms with van der Waals surface area (Å²) in [6.45, 7) is 4.33. The van der Waals surface area contributed by atoms with Gasteiger partial charge in [0.05, 0.1) is 0 Å². The van der Waals surface area contributed by atoms with Crippen LogP contribution in [0.2, 0.25) is 0 Å². The molecule has 1 aliphatic rings. The molecule has 0 atom stereocenters. The third-order valence-corrected chi connectivity index (χ3v) is 3.37. The molecule has 0 radical (unpaired) electrons. The summed E-state index contributed by atoms with van der Waals surface area (Å²) in [5.74, 6) is 0.118. The number of rotatable bonds is 3. The van der Waals surface area contributed by atoms with Gasteiger partial charge in [-0.2, -0.15) is 0 Å². The summed E-state index contributed by atoms with van der Waals surface area (Å²) >= 11 is 0. The van der Waals surface area contributed by atoms with Crippen molar-refractivity contribution in [2.45, 2.75) is 13.3 Å². The minimum absolute atomic E-state index is 0. The molecule has 1 aliphatic heterocycles. The van der Waals surface area contributed by atoms with E-state index in [1.54, 1.807) is 6.07 Å². The molecule has 0 aromatic carbocycles. The number of hydrogen-bond acceptors (Lipinski definition) is 4. The maximum atomic E-state index is 12.1. The number of nitrogens with one attached hydrogen (secondary N) is 2. The highest BCUT2D eigenvalue weighted by Gasteiger charge is 2.13. The Bertz CT molecular complexity index is 682. The number of fused-ring (bicyclic) bond motifs is 1. The minimum atomic E-state index is -0.194. The van der Waals surface area contributed by atoms with E-state index in [9.17, 15) is 4.79 Å². The summed E-state index contributed by atoms with van der Waals surface area (Å²) in [6.07, 6.45) is 3.09. The maximum absolute atomic E-state index is 12.1. The van der Waals surface area contributed by atoms with Crippen molar-refractivity contribution >= 4 is 41.8 Å². The molecule has 0 bridgehead atoms. The number of hydrogen-bond donors (Lipinski definition) is 2. The second-order valence-electron chi connectivity index (χ2n) is 4.95. The SMILES string of the molecule is Cc1ccc2oc(C(=O)NCC3=CCNCC3)cc2n1.Cl.Cl. The number of aryl methyl sites for hydroxylation is 1. The van der Waals surface area contributed by atoms with Crippen molar-refractivity contribution in [1.82, 2.24) is 15.6 Å². The fraction of sp³-hybridized carbons (Fsp3) is 0.333. The largest absolute Gasteiger partial charge is 0.449 e. The Labute approximate surface area is 141 Å². The van der Waals surface area contributed by atoms with Gasteiger partial charge in [0.25, 0.3) is 5.91 Å². The van der Waals surface area contributed by atoms with Crippen LogP contribution in [0.1, 0.15) is 22.7 Å². The molecule has 0 fully saturated rings. The van der Waals surface area contributed by atoms with Gasteiger partial charge < -0.3 is 15.1 Å². The van der Waals surface area contributed by atoms with Gasteiger partial charge in [-0.25, -0.2) is 4.98 Å². The molecule has 22 heavy (non-hydrogen) atoms. The highest BCUT2D eigenvalue weighted by Crippen LogP contribution is 2.17. The van der Waals surface area contributed by atoms with Crippen LogP contribution in [0.3, 0.4) is 0 Å². The molecule has 0 saturated carbocycles. The lowest BCUT2D eigenvalue weighted by Crippen LogP contribution is -2.29. The number of aromatic nitrogens is 1. The summed E-state index contributed by atoms with van der Waals surface area (Å²) < 4.78 is 5.52. The molecule has 0 saturated heterocycles. The average Bonchev–Trinajstić information content (AvgIpc) is 2.89. The van der Waals surface area contributed by atoms with Crippen molar-refractivity contribution in [3.8, 4) is 0 Å². The van der Waals surface area contributed by atoms with Gasteiger partial charge in [-0.15, -0.1) is 24.8 Å². The van der Waals surface area contributed by atoms with Crippen LogP contribution in [0.15, 0.2) is 34.3 Å². The van der Waals surface area contributed by atoms with Gasteiger partial charge in [0.1, 0.15) is 5.52 Å². The first-order valence-corrected chi connectivity index (χ1v) is 6.76. The van der Waals surface area contributed by atoms with E-state index in [1.807, 2.05) is 19.1 Å². The molecule has 3 rings (SSSR count). The summed E-state index contributed by atoms with van der Waals surface area (Å²) in [5.41, 5.74) is 3.52. The van der Waals surface area contributed by atoms with E-state index in [0.29, 0.717) is 17.9 Å². The summed E-state index contributed by atoms with van der Waals surface area (Å²) in [7, 11) is 0. The monoisotopic (exact) mass is 343 g/mol. The van der Waals surface area contributed by atoms with E-state index in [-0.39, 0.29) is 30.7 Å². The van der Waals surface area contributed by atoms with Crippen LogP contribution >= 0.6 is 24.8 Å². The molecule has 0 unspecified atom stereocenters. The molecule has 5 nitrogen and oxygen atoms in total. The number of amides is 1. The van der Waals surface area contributed by atoms with E-state index in [1.165, 1.54) is 5.57 Å². The Balaban J connectivity index is 0.00000121. The fourth-order valence-electron chi connectivity index (χ4n) is 2.25. The van der Waals surface area contributed by atoms with E-state index >= 15 is 0 Å². The predicted octanol–water partition coefficient (Wildman–Crippen LogP) is 2.63. The zero-order valence-electron chi connectivity index (χ0n) is 12.2. The molecule has 2 N–H and O–H groups in total. The van der Waals surface area contributed by atoms with Gasteiger partial charge in [-0.05, 0) is 32.0 Å². The van der Waals surface area contributed by atoms with E-state index < -0.39 is 0 Å². The van der Waals surface area contributed by atoms with E-state index in [2.05, 4.69) is 21.7 Å². The first-order chi connectivity index (χ1) is 9.72. The van der Waals surface area contributed by atoms with Gasteiger partial charge in [0.2, 0.25) is 0 Å². The molecule has 2 aromatic rings. The van der Waals surface area contributed by atoms with Gasteiger partial charge in [-0.1, -0.05) is 11.6 Å². The topological polar surface area (TPSA) is 67.2 Å². The Kier molecular flexibility index (Phi) is 6.87. The van der Waals surface area contributed by atoms with Crippen LogP contribution in [0.25, 0.3) is 11.1 Å². The Morgan fingerprint density at radius 2 is 2.23 bits per heavy atom. The number of carbonyl (C=O) groups excluding carboxylic acids is 1. The number of nitrogens with zero attached hydrogens (tertiary/aromatic N) is 1. The lowest BCUT2D eigenvalue weighted by atomic mass is 10.1. The second-order valence-corrected chi connectivity index (χ2v) is 4.95. The van der Waals surface area contributed by atoms with Crippen LogP contribution in [0.4, 0.5) is 0 Å². The van der Waals surface area contributed by atoms with Crippen LogP contribution in [-0.2, 0) is 0 Å². The molecule has 2 aromatic heterocycles. The number of halogens is 2. The van der Waals surface area contributed by atoms with Crippen LogP contribution in [-0.4, -0.2) is 30.5 Å². The number of furan rings is 1. The standard InChI is InChI=1S/C15H17N3O2.2ClH/c1-10-2-3-13-12(18-10)8-14(20-13)15(19)17-9-11-4-6-16-7-5-11;;/h2-4,8,16H,5-7,9H2,1H3,(H,17,19);2*1H. The molecular formula is C15H19Cl2N3O2. The maximum Gasteiger partial charge on any atom is 0.287 e. The molecule has 0 spiro atoms. The van der Waals surface area contributed by atoms with Crippen LogP contribution in [0.5, 0.6) is 0 Å². The van der Waals surface area contributed by atoms with Gasteiger partial charge in [0, 0.05) is 24.8 Å². The van der Waals surface area contributed by atoms with Gasteiger partial charge in [0.15, 0.2) is 11.3 Å². The normalized spacial score (nSPS) is 13.8. The summed E-state index contributed by atoms with van der Waals surface area (Å²) in [5, 5.41) is 6.13. The Morgan fingerprint density at radius 3 is 2.95 bits per heavy atom. The highest BCUT2D eigenvalue weighted by atomic mass is 35.5. The van der Waals surface area contributed by atoms with Gasteiger partial charge in [-0.3, -0.25) is 4.79 Å². The summed E-state index contributed by atoms with van der Waals surface area (Å²) in [6, 6.07) is 5.39. The molecule has 120 valence electrons. The third-order valence-electron chi connectivity index (χ3n) is 3.37. The lowest BCUT2D eigenvalue weighted by molar-refractivity contribution is 0.0931. The Morgan fingerprint density at radius 1 is 1.41 bits per heavy atom. The number of carbonyl (C=O) groups is 1. The first-order valence-electron chi connectivity index (χ1n) is 6.76. The zero-order chi connectivity index (χ0) is 13.9. The van der Waals surface area contributed by atoms with Crippen molar-refractivity contribution in [1.29, 1.82) is 0 Å². The summed E-state index contributed by atoms with van der Waals surface area (Å²) in [4.78, 5) is 16.4. The zero-order valence-corrected chi connectivity index (χ0v) is 13.9. The molecule has 1 amide bonds. The predicted molar refractivity (Wildman–Crippen MR) is 91.1 cm³/mol. The van der Waals surface area contributed by atoms with Crippen molar-refractivity contribution in [3.05, 3.63) is 41.3 Å². The first kappa shape index (κ1) is 18.5. The van der Waals surface area contributed by atoms with E-state index in [4.69, 9.17) is 4.42 Å². The number of pyridine rings is 1. The second kappa shape index (κ2) is 8.17. The van der Waals surface area contributed by atoms with Crippen molar-refractivity contribution in [2.24, 2.45) is 0 Å². The van der Waals surface area contributed by atoms with Crippen LogP contribution < -0.4 is 10.6 Å². The minimum Gasteiger partial charge on any atom is -0.449 e. The molecular weight excluding hydrogens is 325 g/mol. The molecule has 7 heteroatoms.